The third-order valence-electron chi connectivity index (χ3n) is 4.03. The summed E-state index contributed by atoms with van der Waals surface area (Å²) in [7, 11) is 0. The van der Waals surface area contributed by atoms with Crippen molar-refractivity contribution in [1.29, 1.82) is 0 Å². The van der Waals surface area contributed by atoms with Crippen LogP contribution >= 0.6 is 0 Å². The lowest BCUT2D eigenvalue weighted by atomic mass is 10.1. The fourth-order valence-corrected chi connectivity index (χ4v) is 2.89. The maximum atomic E-state index is 5.56. The Labute approximate surface area is 109 Å². The Bertz CT molecular complexity index is 433. The van der Waals surface area contributed by atoms with E-state index in [2.05, 4.69) is 42.3 Å². The van der Waals surface area contributed by atoms with Gasteiger partial charge in [-0.3, -0.25) is 4.90 Å². The predicted molar refractivity (Wildman–Crippen MR) is 73.0 cm³/mol. The average Bonchev–Trinajstić information content (AvgIpc) is 2.81. The van der Waals surface area contributed by atoms with Gasteiger partial charge in [-0.25, -0.2) is 0 Å². The average molecular weight is 246 g/mol. The molecule has 2 heterocycles. The van der Waals surface area contributed by atoms with Crippen LogP contribution in [0, 0.1) is 0 Å². The molecule has 0 saturated carbocycles. The number of fused-ring (bicyclic) bond motifs is 1. The second-order valence-electron chi connectivity index (χ2n) is 5.63. The highest BCUT2D eigenvalue weighted by atomic mass is 16.5. The van der Waals surface area contributed by atoms with E-state index in [9.17, 15) is 0 Å². The minimum Gasteiger partial charge on any atom is -0.493 e. The molecule has 2 aliphatic heterocycles. The molecule has 0 radical (unpaired) electrons. The lowest BCUT2D eigenvalue weighted by Crippen LogP contribution is -2.53. The molecule has 2 aliphatic rings. The minimum atomic E-state index is 0.596. The van der Waals surface area contributed by atoms with E-state index in [0.717, 1.165) is 38.4 Å². The Morgan fingerprint density at radius 3 is 3.17 bits per heavy atom. The van der Waals surface area contributed by atoms with Crippen molar-refractivity contribution in [2.45, 2.75) is 38.9 Å². The van der Waals surface area contributed by atoms with Crippen molar-refractivity contribution in [2.75, 3.05) is 19.7 Å². The summed E-state index contributed by atoms with van der Waals surface area (Å²) >= 11 is 0. The van der Waals surface area contributed by atoms with Gasteiger partial charge in [-0.2, -0.15) is 0 Å². The molecule has 0 aromatic heterocycles. The van der Waals surface area contributed by atoms with Crippen LogP contribution < -0.4 is 10.1 Å². The fraction of sp³-hybridized carbons (Fsp3) is 0.600. The molecule has 1 aromatic carbocycles. The number of rotatable bonds is 2. The van der Waals surface area contributed by atoms with Gasteiger partial charge in [0.25, 0.3) is 0 Å². The molecule has 0 bridgehead atoms. The van der Waals surface area contributed by atoms with Crippen LogP contribution in [0.2, 0.25) is 0 Å². The number of piperazine rings is 1. The Hall–Kier alpha value is -1.06. The zero-order valence-electron chi connectivity index (χ0n) is 11.3. The monoisotopic (exact) mass is 246 g/mol. The number of ether oxygens (including phenoxy) is 1. The third kappa shape index (κ3) is 2.38. The molecule has 3 heteroatoms. The van der Waals surface area contributed by atoms with Crippen LogP contribution in [0.4, 0.5) is 0 Å². The maximum absolute atomic E-state index is 5.56. The van der Waals surface area contributed by atoms with Gasteiger partial charge in [0, 0.05) is 38.1 Å². The van der Waals surface area contributed by atoms with Gasteiger partial charge in [-0.15, -0.1) is 0 Å². The lowest BCUT2D eigenvalue weighted by molar-refractivity contribution is 0.139. The van der Waals surface area contributed by atoms with Crippen LogP contribution in [0.5, 0.6) is 5.75 Å². The number of nitrogens with zero attached hydrogens (tertiary/aromatic N) is 1. The second kappa shape index (κ2) is 4.90. The summed E-state index contributed by atoms with van der Waals surface area (Å²) in [6.45, 7) is 8.69. The molecule has 0 amide bonds. The Balaban J connectivity index is 1.72. The smallest absolute Gasteiger partial charge is 0.122 e. The number of benzene rings is 1. The van der Waals surface area contributed by atoms with Gasteiger partial charge in [-0.1, -0.05) is 12.1 Å². The van der Waals surface area contributed by atoms with E-state index >= 15 is 0 Å². The van der Waals surface area contributed by atoms with Crippen molar-refractivity contribution >= 4 is 0 Å². The lowest BCUT2D eigenvalue weighted by Gasteiger charge is -2.37. The first-order valence-electron chi connectivity index (χ1n) is 6.94. The predicted octanol–water partition coefficient (Wildman–Crippen LogP) is 1.80. The zero-order chi connectivity index (χ0) is 12.5. The summed E-state index contributed by atoms with van der Waals surface area (Å²) < 4.78 is 5.56. The molecule has 0 spiro atoms. The normalized spacial score (nSPS) is 27.9. The van der Waals surface area contributed by atoms with Gasteiger partial charge in [0.15, 0.2) is 0 Å². The molecular formula is C15H22N2O. The quantitative estimate of drug-likeness (QED) is 0.861. The zero-order valence-corrected chi connectivity index (χ0v) is 11.3. The van der Waals surface area contributed by atoms with E-state index in [0.29, 0.717) is 12.1 Å². The number of nitrogens with one attached hydrogen (secondary N) is 1. The van der Waals surface area contributed by atoms with Gasteiger partial charge in [-0.05, 0) is 31.0 Å². The van der Waals surface area contributed by atoms with Gasteiger partial charge in [0.05, 0.1) is 6.61 Å². The summed E-state index contributed by atoms with van der Waals surface area (Å²) in [6, 6.07) is 7.88. The van der Waals surface area contributed by atoms with E-state index in [-0.39, 0.29) is 0 Å². The SMILES string of the molecule is CC1CN(Cc2ccc3c(c2)CCO3)C(C)CN1. The minimum absolute atomic E-state index is 0.596. The van der Waals surface area contributed by atoms with Crippen molar-refractivity contribution < 1.29 is 4.74 Å². The Morgan fingerprint density at radius 2 is 2.28 bits per heavy atom. The van der Waals surface area contributed by atoms with Crippen LogP contribution in [0.3, 0.4) is 0 Å². The van der Waals surface area contributed by atoms with Crippen molar-refractivity contribution in [3.63, 3.8) is 0 Å². The molecule has 1 aromatic rings. The molecule has 0 aliphatic carbocycles. The van der Waals surface area contributed by atoms with Crippen LogP contribution in [-0.4, -0.2) is 36.7 Å². The van der Waals surface area contributed by atoms with Gasteiger partial charge in [0.1, 0.15) is 5.75 Å². The van der Waals surface area contributed by atoms with Crippen molar-refractivity contribution in [2.24, 2.45) is 0 Å². The van der Waals surface area contributed by atoms with Crippen molar-refractivity contribution in [1.82, 2.24) is 10.2 Å². The first kappa shape index (κ1) is 12.0. The van der Waals surface area contributed by atoms with E-state index in [1.54, 1.807) is 0 Å². The van der Waals surface area contributed by atoms with Gasteiger partial charge in [0.2, 0.25) is 0 Å². The van der Waals surface area contributed by atoms with E-state index < -0.39 is 0 Å². The molecule has 3 rings (SSSR count). The third-order valence-corrected chi connectivity index (χ3v) is 4.03. The molecule has 98 valence electrons. The Morgan fingerprint density at radius 1 is 1.39 bits per heavy atom. The molecule has 2 atom stereocenters. The molecule has 1 saturated heterocycles. The highest BCUT2D eigenvalue weighted by molar-refractivity contribution is 5.39. The molecule has 1 N–H and O–H groups in total. The van der Waals surface area contributed by atoms with Crippen LogP contribution in [0.15, 0.2) is 18.2 Å². The van der Waals surface area contributed by atoms with Gasteiger partial charge >= 0.3 is 0 Å². The van der Waals surface area contributed by atoms with Crippen molar-refractivity contribution in [3.8, 4) is 5.75 Å². The highest BCUT2D eigenvalue weighted by Crippen LogP contribution is 2.26. The van der Waals surface area contributed by atoms with E-state index in [4.69, 9.17) is 4.74 Å². The first-order valence-corrected chi connectivity index (χ1v) is 6.94. The summed E-state index contributed by atoms with van der Waals surface area (Å²) in [5, 5.41) is 3.53. The van der Waals surface area contributed by atoms with Gasteiger partial charge < -0.3 is 10.1 Å². The number of hydrogen-bond donors (Lipinski definition) is 1. The Kier molecular flexibility index (Phi) is 3.27. The molecule has 1 fully saturated rings. The molecule has 18 heavy (non-hydrogen) atoms. The number of hydrogen-bond acceptors (Lipinski definition) is 3. The summed E-state index contributed by atoms with van der Waals surface area (Å²) in [5.74, 6) is 1.08. The van der Waals surface area contributed by atoms with Crippen LogP contribution in [0.1, 0.15) is 25.0 Å². The second-order valence-corrected chi connectivity index (χ2v) is 5.63. The van der Waals surface area contributed by atoms with Crippen molar-refractivity contribution in [3.05, 3.63) is 29.3 Å². The topological polar surface area (TPSA) is 24.5 Å². The van der Waals surface area contributed by atoms with Crippen LogP contribution in [0.25, 0.3) is 0 Å². The standard InChI is InChI=1S/C15H22N2O/c1-11-9-17(12(2)8-16-11)10-13-3-4-15-14(7-13)5-6-18-15/h3-4,7,11-12,16H,5-6,8-10H2,1-2H3. The molecular weight excluding hydrogens is 224 g/mol. The van der Waals surface area contributed by atoms with E-state index in [1.807, 2.05) is 0 Å². The summed E-state index contributed by atoms with van der Waals surface area (Å²) in [6.07, 6.45) is 1.07. The first-order chi connectivity index (χ1) is 8.72. The fourth-order valence-electron chi connectivity index (χ4n) is 2.89. The molecule has 2 unspecified atom stereocenters. The maximum Gasteiger partial charge on any atom is 0.122 e. The van der Waals surface area contributed by atoms with Crippen LogP contribution in [-0.2, 0) is 13.0 Å². The summed E-state index contributed by atoms with van der Waals surface area (Å²) in [5.41, 5.74) is 2.79. The highest BCUT2D eigenvalue weighted by Gasteiger charge is 2.22. The largest absolute Gasteiger partial charge is 0.493 e. The van der Waals surface area contributed by atoms with E-state index in [1.165, 1.54) is 11.1 Å². The molecule has 3 nitrogen and oxygen atoms in total. The summed E-state index contributed by atoms with van der Waals surface area (Å²) in [4.78, 5) is 2.57.